The number of hydrogen-bond donors (Lipinski definition) is 1. The lowest BCUT2D eigenvalue weighted by Gasteiger charge is -2.31. The number of rotatable bonds is 4. The molecule has 1 aliphatic carbocycles. The van der Waals surface area contributed by atoms with Crippen molar-refractivity contribution in [2.45, 2.75) is 57.8 Å². The van der Waals surface area contributed by atoms with Gasteiger partial charge in [-0.3, -0.25) is 9.67 Å². The number of esters is 1. The van der Waals surface area contributed by atoms with Crippen LogP contribution in [0.15, 0.2) is 24.5 Å². The minimum Gasteiger partial charge on any atom is -0.465 e. The van der Waals surface area contributed by atoms with Crippen molar-refractivity contribution in [1.29, 1.82) is 0 Å². The van der Waals surface area contributed by atoms with Gasteiger partial charge in [0.2, 0.25) is 0 Å². The zero-order chi connectivity index (χ0) is 21.5. The van der Waals surface area contributed by atoms with Crippen molar-refractivity contribution in [1.82, 2.24) is 19.7 Å². The van der Waals surface area contributed by atoms with E-state index in [2.05, 4.69) is 15.4 Å². The number of nitrogens with zero attached hydrogens (tertiary/aromatic N) is 4. The lowest BCUT2D eigenvalue weighted by atomic mass is 10.1. The van der Waals surface area contributed by atoms with E-state index in [1.807, 2.05) is 31.5 Å². The van der Waals surface area contributed by atoms with E-state index in [4.69, 9.17) is 9.47 Å². The molecule has 160 valence electrons. The number of amides is 1. The van der Waals surface area contributed by atoms with Crippen LogP contribution >= 0.6 is 0 Å². The average Bonchev–Trinajstić information content (AvgIpc) is 3.39. The number of nitrogens with one attached hydrogen (secondary N) is 1. The predicted molar refractivity (Wildman–Crippen MR) is 109 cm³/mol. The van der Waals surface area contributed by atoms with Crippen LogP contribution in [0.5, 0.6) is 0 Å². The van der Waals surface area contributed by atoms with E-state index in [-0.39, 0.29) is 11.6 Å². The smallest absolute Gasteiger partial charge is 0.410 e. The first-order chi connectivity index (χ1) is 14.2. The number of carbonyl (C=O) groups is 2. The van der Waals surface area contributed by atoms with Crippen LogP contribution in [0.2, 0.25) is 0 Å². The van der Waals surface area contributed by atoms with E-state index in [0.29, 0.717) is 25.2 Å². The lowest BCUT2D eigenvalue weighted by Crippen LogP contribution is -2.41. The number of fused-ring (bicyclic) bond motifs is 1. The summed E-state index contributed by atoms with van der Waals surface area (Å²) >= 11 is 0. The van der Waals surface area contributed by atoms with Gasteiger partial charge < -0.3 is 19.7 Å². The summed E-state index contributed by atoms with van der Waals surface area (Å²) in [5.41, 5.74) is 2.32. The summed E-state index contributed by atoms with van der Waals surface area (Å²) in [5.74, 6) is -0.403. The zero-order valence-electron chi connectivity index (χ0n) is 17.8. The summed E-state index contributed by atoms with van der Waals surface area (Å²) in [4.78, 5) is 30.3. The summed E-state index contributed by atoms with van der Waals surface area (Å²) in [5, 5.41) is 8.06. The van der Waals surface area contributed by atoms with Gasteiger partial charge >= 0.3 is 12.1 Å². The van der Waals surface area contributed by atoms with Gasteiger partial charge in [0.15, 0.2) is 0 Å². The molecule has 1 amide bonds. The van der Waals surface area contributed by atoms with Crippen LogP contribution in [-0.4, -0.2) is 51.0 Å². The fourth-order valence-corrected chi connectivity index (χ4v) is 3.58. The Bertz CT molecular complexity index is 957. The molecule has 2 aliphatic rings. The lowest BCUT2D eigenvalue weighted by molar-refractivity contribution is 0.0195. The van der Waals surface area contributed by atoms with Gasteiger partial charge in [0.1, 0.15) is 5.60 Å². The van der Waals surface area contributed by atoms with Gasteiger partial charge in [0.05, 0.1) is 54.6 Å². The highest BCUT2D eigenvalue weighted by atomic mass is 16.6. The summed E-state index contributed by atoms with van der Waals surface area (Å²) in [6.07, 6.45) is 4.88. The molecule has 9 nitrogen and oxygen atoms in total. The highest BCUT2D eigenvalue weighted by Crippen LogP contribution is 2.48. The Labute approximate surface area is 175 Å². The molecule has 0 bridgehead atoms. The summed E-state index contributed by atoms with van der Waals surface area (Å²) in [6.45, 7) is 7.20. The van der Waals surface area contributed by atoms with Crippen molar-refractivity contribution < 1.29 is 19.1 Å². The SMILES string of the molecule is COC(=O)c1ccc(C2(Nc3cnn4c3CN(C(=O)OC(C)(C)C)CC4)CC2)nc1. The molecule has 1 N–H and O–H groups in total. The number of hydrogen-bond acceptors (Lipinski definition) is 7. The van der Waals surface area contributed by atoms with Crippen molar-refractivity contribution in [3.8, 4) is 0 Å². The van der Waals surface area contributed by atoms with E-state index >= 15 is 0 Å². The molecule has 2 aromatic heterocycles. The minimum absolute atomic E-state index is 0.285. The van der Waals surface area contributed by atoms with E-state index in [9.17, 15) is 9.59 Å². The molecule has 1 fully saturated rings. The molecule has 0 unspecified atom stereocenters. The maximum atomic E-state index is 12.5. The molecule has 1 saturated carbocycles. The molecular formula is C21H27N5O4. The Kier molecular flexibility index (Phi) is 4.91. The fraction of sp³-hybridized carbons (Fsp3) is 0.524. The fourth-order valence-electron chi connectivity index (χ4n) is 3.58. The molecular weight excluding hydrogens is 386 g/mol. The number of methoxy groups -OCH3 is 1. The van der Waals surface area contributed by atoms with Crippen LogP contribution < -0.4 is 5.32 Å². The normalized spacial score (nSPS) is 17.1. The van der Waals surface area contributed by atoms with Crippen molar-refractivity contribution in [2.75, 3.05) is 19.0 Å². The Balaban J connectivity index is 1.50. The highest BCUT2D eigenvalue weighted by Gasteiger charge is 2.46. The molecule has 1 aliphatic heterocycles. The zero-order valence-corrected chi connectivity index (χ0v) is 17.8. The van der Waals surface area contributed by atoms with Gasteiger partial charge in [-0.05, 0) is 45.7 Å². The van der Waals surface area contributed by atoms with E-state index in [0.717, 1.165) is 29.9 Å². The molecule has 0 spiro atoms. The first kappa shape index (κ1) is 20.2. The summed E-state index contributed by atoms with van der Waals surface area (Å²) in [7, 11) is 1.35. The number of ether oxygens (including phenoxy) is 2. The van der Waals surface area contributed by atoms with Gasteiger partial charge in [0.25, 0.3) is 0 Å². The Morgan fingerprint density at radius 1 is 1.17 bits per heavy atom. The summed E-state index contributed by atoms with van der Waals surface area (Å²) in [6, 6.07) is 3.59. The summed E-state index contributed by atoms with van der Waals surface area (Å²) < 4.78 is 12.2. The van der Waals surface area contributed by atoms with Gasteiger partial charge in [-0.15, -0.1) is 0 Å². The van der Waals surface area contributed by atoms with Crippen LogP contribution in [0.1, 0.15) is 55.4 Å². The maximum absolute atomic E-state index is 12.5. The molecule has 4 rings (SSSR count). The van der Waals surface area contributed by atoms with Crippen LogP contribution in [0.3, 0.4) is 0 Å². The second-order valence-electron chi connectivity index (χ2n) is 8.76. The van der Waals surface area contributed by atoms with E-state index in [1.165, 1.54) is 7.11 Å². The maximum Gasteiger partial charge on any atom is 0.410 e. The Morgan fingerprint density at radius 3 is 2.53 bits per heavy atom. The van der Waals surface area contributed by atoms with Gasteiger partial charge in [0, 0.05) is 12.7 Å². The predicted octanol–water partition coefficient (Wildman–Crippen LogP) is 2.92. The third kappa shape index (κ3) is 3.96. The monoisotopic (exact) mass is 413 g/mol. The first-order valence-electron chi connectivity index (χ1n) is 10.1. The largest absolute Gasteiger partial charge is 0.465 e. The van der Waals surface area contributed by atoms with Crippen molar-refractivity contribution in [3.63, 3.8) is 0 Å². The van der Waals surface area contributed by atoms with Gasteiger partial charge in [-0.25, -0.2) is 9.59 Å². The van der Waals surface area contributed by atoms with E-state index in [1.54, 1.807) is 23.4 Å². The second kappa shape index (κ2) is 7.30. The standard InChI is InChI=1S/C21H27N5O4/c1-20(2,3)30-19(28)25-9-10-26-16(13-25)15(12-23-26)24-21(7-8-21)17-6-5-14(11-22-17)18(27)29-4/h5-6,11-12,24H,7-10,13H2,1-4H3. The van der Waals surface area contributed by atoms with Crippen molar-refractivity contribution >= 4 is 17.7 Å². The molecule has 3 heterocycles. The van der Waals surface area contributed by atoms with Crippen molar-refractivity contribution in [3.05, 3.63) is 41.5 Å². The van der Waals surface area contributed by atoms with Crippen molar-refractivity contribution in [2.24, 2.45) is 0 Å². The molecule has 30 heavy (non-hydrogen) atoms. The molecule has 0 radical (unpaired) electrons. The van der Waals surface area contributed by atoms with Crippen LogP contribution in [0.25, 0.3) is 0 Å². The molecule has 0 aromatic carbocycles. The molecule has 2 aromatic rings. The van der Waals surface area contributed by atoms with Crippen LogP contribution in [0.4, 0.5) is 10.5 Å². The van der Waals surface area contributed by atoms with Crippen LogP contribution in [0, 0.1) is 0 Å². The number of aromatic nitrogens is 3. The first-order valence-corrected chi connectivity index (χ1v) is 10.1. The number of carbonyl (C=O) groups excluding carboxylic acids is 2. The third-order valence-corrected chi connectivity index (χ3v) is 5.32. The minimum atomic E-state index is -0.532. The Morgan fingerprint density at radius 2 is 1.93 bits per heavy atom. The number of anilines is 1. The van der Waals surface area contributed by atoms with Gasteiger partial charge in [-0.2, -0.15) is 5.10 Å². The quantitative estimate of drug-likeness (QED) is 0.770. The third-order valence-electron chi connectivity index (χ3n) is 5.32. The van der Waals surface area contributed by atoms with Gasteiger partial charge in [-0.1, -0.05) is 0 Å². The topological polar surface area (TPSA) is 98.6 Å². The van der Waals surface area contributed by atoms with Crippen LogP contribution in [-0.2, 0) is 28.1 Å². The second-order valence-corrected chi connectivity index (χ2v) is 8.76. The van der Waals surface area contributed by atoms with E-state index < -0.39 is 11.6 Å². The Hall–Kier alpha value is -3.10. The average molecular weight is 413 g/mol. The highest BCUT2D eigenvalue weighted by molar-refractivity contribution is 5.88. The number of pyridine rings is 1. The molecule has 0 saturated heterocycles. The molecule has 9 heteroatoms. The molecule has 0 atom stereocenters.